The molecule has 1 aromatic rings. The highest BCUT2D eigenvalue weighted by molar-refractivity contribution is 5.84. The fourth-order valence-corrected chi connectivity index (χ4v) is 2.83. The number of hydrogen-bond donors (Lipinski definition) is 0. The summed E-state index contributed by atoms with van der Waals surface area (Å²) in [5.41, 5.74) is 0.946. The van der Waals surface area contributed by atoms with Gasteiger partial charge in [0.25, 0.3) is 0 Å². The van der Waals surface area contributed by atoms with Gasteiger partial charge in [0.1, 0.15) is 13.2 Å². The number of carbonyl (C=O) groups excluding carboxylic acids is 2. The highest BCUT2D eigenvalue weighted by Crippen LogP contribution is 2.30. The number of benzene rings is 1. The van der Waals surface area contributed by atoms with Gasteiger partial charge in [0.05, 0.1) is 0 Å². The third-order valence-corrected chi connectivity index (χ3v) is 3.98. The maximum absolute atomic E-state index is 12.2. The summed E-state index contributed by atoms with van der Waals surface area (Å²) in [4.78, 5) is 27.7. The normalized spacial score (nSPS) is 22.3. The standard InChI is InChI=1S/C16H20N2O3/c1-12-9-17(10-15(19)18(12)14-7-8-14)16(20)21-11-13-5-3-2-4-6-13/h2-6,12,14H,7-11H2,1H3/t12-/m1/s1. The Bertz CT molecular complexity index is 528. The lowest BCUT2D eigenvalue weighted by atomic mass is 10.2. The summed E-state index contributed by atoms with van der Waals surface area (Å²) in [5, 5.41) is 0. The molecule has 112 valence electrons. The molecule has 5 heteroatoms. The average Bonchev–Trinajstić information content (AvgIpc) is 3.30. The molecule has 0 bridgehead atoms. The second kappa shape index (κ2) is 5.76. The van der Waals surface area contributed by atoms with Crippen LogP contribution in [0.25, 0.3) is 0 Å². The smallest absolute Gasteiger partial charge is 0.410 e. The SMILES string of the molecule is C[C@@H]1CN(C(=O)OCc2ccccc2)CC(=O)N1C1CC1. The third-order valence-electron chi connectivity index (χ3n) is 3.98. The lowest BCUT2D eigenvalue weighted by molar-refractivity contribution is -0.139. The molecule has 2 aliphatic rings. The van der Waals surface area contributed by atoms with Crippen LogP contribution in [0.15, 0.2) is 30.3 Å². The molecule has 0 radical (unpaired) electrons. The van der Waals surface area contributed by atoms with Gasteiger partial charge in [-0.25, -0.2) is 4.79 Å². The number of rotatable bonds is 3. The molecule has 0 unspecified atom stereocenters. The zero-order valence-corrected chi connectivity index (χ0v) is 12.2. The van der Waals surface area contributed by atoms with Gasteiger partial charge in [-0.15, -0.1) is 0 Å². The van der Waals surface area contributed by atoms with Gasteiger partial charge in [0, 0.05) is 18.6 Å². The van der Waals surface area contributed by atoms with Crippen molar-refractivity contribution in [1.82, 2.24) is 9.80 Å². The van der Waals surface area contributed by atoms with E-state index in [9.17, 15) is 9.59 Å². The summed E-state index contributed by atoms with van der Waals surface area (Å²) in [6, 6.07) is 10.0. The first-order valence-corrected chi connectivity index (χ1v) is 7.42. The molecule has 1 aromatic carbocycles. The Kier molecular flexibility index (Phi) is 3.82. The Morgan fingerprint density at radius 1 is 1.29 bits per heavy atom. The Morgan fingerprint density at radius 3 is 2.62 bits per heavy atom. The van der Waals surface area contributed by atoms with E-state index in [1.165, 1.54) is 4.90 Å². The predicted molar refractivity (Wildman–Crippen MR) is 77.5 cm³/mol. The highest BCUT2D eigenvalue weighted by Gasteiger charge is 2.41. The molecule has 1 heterocycles. The molecule has 0 spiro atoms. The zero-order valence-electron chi connectivity index (χ0n) is 12.2. The molecule has 3 rings (SSSR count). The van der Waals surface area contributed by atoms with Gasteiger partial charge in [-0.3, -0.25) is 9.69 Å². The predicted octanol–water partition coefficient (Wildman–Crippen LogP) is 2.02. The van der Waals surface area contributed by atoms with Gasteiger partial charge in [-0.05, 0) is 25.3 Å². The van der Waals surface area contributed by atoms with Crippen LogP contribution in [0, 0.1) is 0 Å². The van der Waals surface area contributed by atoms with E-state index in [-0.39, 0.29) is 25.1 Å². The number of carbonyl (C=O) groups is 2. The summed E-state index contributed by atoms with van der Waals surface area (Å²) < 4.78 is 5.29. The van der Waals surface area contributed by atoms with Gasteiger partial charge in [0.2, 0.25) is 5.91 Å². The molecule has 1 saturated heterocycles. The molecular formula is C16H20N2O3. The maximum Gasteiger partial charge on any atom is 0.410 e. The Labute approximate surface area is 124 Å². The summed E-state index contributed by atoms with van der Waals surface area (Å²) in [7, 11) is 0. The lowest BCUT2D eigenvalue weighted by Gasteiger charge is -2.39. The minimum Gasteiger partial charge on any atom is -0.445 e. The first kappa shape index (κ1) is 13.9. The first-order valence-electron chi connectivity index (χ1n) is 7.42. The molecular weight excluding hydrogens is 268 g/mol. The number of ether oxygens (including phenoxy) is 1. The van der Waals surface area contributed by atoms with Crippen LogP contribution in [-0.4, -0.2) is 47.0 Å². The van der Waals surface area contributed by atoms with Crippen molar-refractivity contribution in [3.63, 3.8) is 0 Å². The van der Waals surface area contributed by atoms with Crippen LogP contribution in [0.5, 0.6) is 0 Å². The quantitative estimate of drug-likeness (QED) is 0.855. The van der Waals surface area contributed by atoms with E-state index in [1.807, 2.05) is 42.2 Å². The van der Waals surface area contributed by atoms with Crippen molar-refractivity contribution in [2.45, 2.75) is 38.5 Å². The van der Waals surface area contributed by atoms with Gasteiger partial charge < -0.3 is 9.64 Å². The summed E-state index contributed by atoms with van der Waals surface area (Å²) in [5.74, 6) is 0.0351. The Morgan fingerprint density at radius 2 is 2.00 bits per heavy atom. The third kappa shape index (κ3) is 3.17. The summed E-state index contributed by atoms with van der Waals surface area (Å²) in [6.45, 7) is 2.92. The van der Waals surface area contributed by atoms with E-state index >= 15 is 0 Å². The van der Waals surface area contributed by atoms with Crippen molar-refractivity contribution >= 4 is 12.0 Å². The van der Waals surface area contributed by atoms with Crippen LogP contribution in [-0.2, 0) is 16.1 Å². The van der Waals surface area contributed by atoms with E-state index in [2.05, 4.69) is 0 Å². The van der Waals surface area contributed by atoms with Crippen LogP contribution in [0.2, 0.25) is 0 Å². The van der Waals surface area contributed by atoms with Gasteiger partial charge in [-0.1, -0.05) is 30.3 Å². The molecule has 2 fully saturated rings. The van der Waals surface area contributed by atoms with Gasteiger partial charge in [-0.2, -0.15) is 0 Å². The van der Waals surface area contributed by atoms with Crippen molar-refractivity contribution in [3.8, 4) is 0 Å². The van der Waals surface area contributed by atoms with Crippen molar-refractivity contribution < 1.29 is 14.3 Å². The molecule has 1 saturated carbocycles. The average molecular weight is 288 g/mol. The van der Waals surface area contributed by atoms with Crippen molar-refractivity contribution in [1.29, 1.82) is 0 Å². The van der Waals surface area contributed by atoms with E-state index in [4.69, 9.17) is 4.74 Å². The number of piperazine rings is 1. The minimum absolute atomic E-state index is 0.0351. The molecule has 5 nitrogen and oxygen atoms in total. The Hall–Kier alpha value is -2.04. The highest BCUT2D eigenvalue weighted by atomic mass is 16.6. The van der Waals surface area contributed by atoms with E-state index in [0.29, 0.717) is 12.6 Å². The van der Waals surface area contributed by atoms with E-state index < -0.39 is 6.09 Å². The van der Waals surface area contributed by atoms with Gasteiger partial charge >= 0.3 is 6.09 Å². The largest absolute Gasteiger partial charge is 0.445 e. The molecule has 0 aromatic heterocycles. The van der Waals surface area contributed by atoms with Crippen LogP contribution in [0.4, 0.5) is 4.79 Å². The molecule has 21 heavy (non-hydrogen) atoms. The molecule has 2 amide bonds. The monoisotopic (exact) mass is 288 g/mol. The molecule has 1 atom stereocenters. The number of amides is 2. The number of hydrogen-bond acceptors (Lipinski definition) is 3. The first-order chi connectivity index (χ1) is 10.1. The van der Waals surface area contributed by atoms with Crippen LogP contribution >= 0.6 is 0 Å². The van der Waals surface area contributed by atoms with Crippen LogP contribution < -0.4 is 0 Å². The Balaban J connectivity index is 1.54. The molecule has 1 aliphatic heterocycles. The van der Waals surface area contributed by atoms with E-state index in [0.717, 1.165) is 18.4 Å². The van der Waals surface area contributed by atoms with Crippen molar-refractivity contribution in [2.24, 2.45) is 0 Å². The van der Waals surface area contributed by atoms with Crippen LogP contribution in [0.3, 0.4) is 0 Å². The topological polar surface area (TPSA) is 49.9 Å². The van der Waals surface area contributed by atoms with Crippen molar-refractivity contribution in [2.75, 3.05) is 13.1 Å². The van der Waals surface area contributed by atoms with E-state index in [1.54, 1.807) is 0 Å². The fourth-order valence-electron chi connectivity index (χ4n) is 2.83. The lowest BCUT2D eigenvalue weighted by Crippen LogP contribution is -2.57. The second-order valence-electron chi connectivity index (χ2n) is 5.80. The summed E-state index contributed by atoms with van der Waals surface area (Å²) >= 11 is 0. The van der Waals surface area contributed by atoms with Crippen molar-refractivity contribution in [3.05, 3.63) is 35.9 Å². The zero-order chi connectivity index (χ0) is 14.8. The minimum atomic E-state index is -0.408. The number of nitrogens with zero attached hydrogens (tertiary/aromatic N) is 2. The van der Waals surface area contributed by atoms with Crippen LogP contribution in [0.1, 0.15) is 25.3 Å². The van der Waals surface area contributed by atoms with Gasteiger partial charge in [0.15, 0.2) is 0 Å². The maximum atomic E-state index is 12.2. The molecule has 0 N–H and O–H groups in total. The summed E-state index contributed by atoms with van der Waals surface area (Å²) in [6.07, 6.45) is 1.78. The fraction of sp³-hybridized carbons (Fsp3) is 0.500. The second-order valence-corrected chi connectivity index (χ2v) is 5.80. The molecule has 1 aliphatic carbocycles.